The van der Waals surface area contributed by atoms with Crippen molar-refractivity contribution in [3.63, 3.8) is 0 Å². The van der Waals surface area contributed by atoms with Crippen LogP contribution in [0.3, 0.4) is 0 Å². The van der Waals surface area contributed by atoms with Gasteiger partial charge in [0.2, 0.25) is 23.6 Å². The van der Waals surface area contributed by atoms with Crippen LogP contribution in [-0.4, -0.2) is 83.3 Å². The van der Waals surface area contributed by atoms with Crippen LogP contribution in [-0.2, 0) is 24.0 Å². The average Bonchev–Trinajstić information content (AvgIpc) is 3.17. The van der Waals surface area contributed by atoms with Crippen molar-refractivity contribution < 1.29 is 29.1 Å². The van der Waals surface area contributed by atoms with Gasteiger partial charge in [-0.15, -0.1) is 0 Å². The zero-order valence-corrected chi connectivity index (χ0v) is 17.1. The number of hydrogen-bond donors (Lipinski definition) is 7. The Labute approximate surface area is 178 Å². The van der Waals surface area contributed by atoms with E-state index in [9.17, 15) is 29.1 Å². The van der Waals surface area contributed by atoms with E-state index >= 15 is 0 Å². The summed E-state index contributed by atoms with van der Waals surface area (Å²) in [5.41, 5.74) is 20.9. The number of nitrogens with zero attached hydrogens (tertiary/aromatic N) is 2. The van der Waals surface area contributed by atoms with E-state index in [1.165, 1.54) is 4.90 Å². The minimum absolute atomic E-state index is 0.104. The molecule has 1 heterocycles. The highest BCUT2D eigenvalue weighted by Gasteiger charge is 2.35. The van der Waals surface area contributed by atoms with E-state index in [4.69, 9.17) is 22.9 Å². The summed E-state index contributed by atoms with van der Waals surface area (Å²) in [6, 6.07) is -3.20. The van der Waals surface area contributed by atoms with Crippen molar-refractivity contribution in [1.29, 1.82) is 0 Å². The third-order valence-corrected chi connectivity index (χ3v) is 4.61. The van der Waals surface area contributed by atoms with E-state index in [2.05, 4.69) is 15.6 Å². The molecule has 14 heteroatoms. The Balaban J connectivity index is 2.61. The highest BCUT2D eigenvalue weighted by atomic mass is 16.4. The number of guanidine groups is 1. The Morgan fingerprint density at radius 3 is 2.42 bits per heavy atom. The fourth-order valence-corrected chi connectivity index (χ4v) is 3.07. The molecule has 1 rings (SSSR count). The number of primary amides is 1. The molecular formula is C17H30N8O6. The number of aliphatic imine (C=N–C) groups is 1. The van der Waals surface area contributed by atoms with Gasteiger partial charge < -0.3 is 43.6 Å². The first-order valence-electron chi connectivity index (χ1n) is 9.72. The highest BCUT2D eigenvalue weighted by molar-refractivity contribution is 5.93. The molecular weight excluding hydrogens is 412 g/mol. The molecule has 0 aromatic heterocycles. The molecule has 1 aliphatic heterocycles. The second-order valence-electron chi connectivity index (χ2n) is 7.09. The molecule has 1 aliphatic rings. The number of carboxylic acid groups (broad SMARTS) is 1. The number of aliphatic carboxylic acids is 1. The number of rotatable bonds is 12. The van der Waals surface area contributed by atoms with Gasteiger partial charge in [0.05, 0.1) is 19.0 Å². The van der Waals surface area contributed by atoms with E-state index < -0.39 is 54.3 Å². The number of carboxylic acids is 1. The van der Waals surface area contributed by atoms with E-state index in [0.29, 0.717) is 19.3 Å². The number of hydrogen-bond acceptors (Lipinski definition) is 7. The zero-order valence-electron chi connectivity index (χ0n) is 17.1. The lowest BCUT2D eigenvalue weighted by atomic mass is 10.1. The van der Waals surface area contributed by atoms with Gasteiger partial charge in [0.1, 0.15) is 12.1 Å². The largest absolute Gasteiger partial charge is 0.480 e. The molecule has 0 aromatic carbocycles. The maximum atomic E-state index is 12.6. The molecule has 3 unspecified atom stereocenters. The topological polar surface area (TPSA) is 249 Å². The molecule has 11 N–H and O–H groups in total. The summed E-state index contributed by atoms with van der Waals surface area (Å²) >= 11 is 0. The van der Waals surface area contributed by atoms with Gasteiger partial charge in [-0.3, -0.25) is 24.2 Å². The van der Waals surface area contributed by atoms with Crippen molar-refractivity contribution in [1.82, 2.24) is 15.5 Å². The molecule has 0 radical (unpaired) electrons. The van der Waals surface area contributed by atoms with Crippen LogP contribution in [0.25, 0.3) is 0 Å². The first-order valence-corrected chi connectivity index (χ1v) is 9.72. The quantitative estimate of drug-likeness (QED) is 0.0880. The first-order chi connectivity index (χ1) is 14.5. The number of amides is 4. The first kappa shape index (κ1) is 25.6. The average molecular weight is 442 g/mol. The Hall–Kier alpha value is -3.42. The predicted molar refractivity (Wildman–Crippen MR) is 109 cm³/mol. The number of carbonyl (C=O) groups excluding carboxylic acids is 4. The molecule has 0 saturated carbocycles. The number of carbonyl (C=O) groups is 5. The summed E-state index contributed by atoms with van der Waals surface area (Å²) in [7, 11) is 0. The molecule has 0 aromatic rings. The minimum atomic E-state index is -1.22. The molecule has 1 saturated heterocycles. The van der Waals surface area contributed by atoms with E-state index in [0.717, 1.165) is 0 Å². The van der Waals surface area contributed by atoms with Gasteiger partial charge in [-0.05, 0) is 25.7 Å². The maximum Gasteiger partial charge on any atom is 0.326 e. The van der Waals surface area contributed by atoms with Gasteiger partial charge in [-0.2, -0.15) is 0 Å². The molecule has 1 fully saturated rings. The predicted octanol–water partition coefficient (Wildman–Crippen LogP) is -4.08. The summed E-state index contributed by atoms with van der Waals surface area (Å²) in [6.07, 6.45) is 0.967. The number of nitrogens with one attached hydrogen (secondary N) is 2. The molecule has 0 spiro atoms. The van der Waals surface area contributed by atoms with E-state index in [1.54, 1.807) is 0 Å². The summed E-state index contributed by atoms with van der Waals surface area (Å²) in [5, 5.41) is 14.1. The Kier molecular flexibility index (Phi) is 10.2. The molecule has 31 heavy (non-hydrogen) atoms. The van der Waals surface area contributed by atoms with E-state index in [-0.39, 0.29) is 31.9 Å². The SMILES string of the molecule is NC(=O)CC(N)C(=O)NCC(=O)N1CCCC1C(=O)NC(CCCN=C(N)N)C(=O)O. The van der Waals surface area contributed by atoms with Crippen molar-refractivity contribution in [2.24, 2.45) is 27.9 Å². The van der Waals surface area contributed by atoms with Crippen molar-refractivity contribution in [3.8, 4) is 0 Å². The van der Waals surface area contributed by atoms with E-state index in [1.807, 2.05) is 0 Å². The van der Waals surface area contributed by atoms with Gasteiger partial charge in [0.25, 0.3) is 0 Å². The van der Waals surface area contributed by atoms with Crippen LogP contribution in [0.2, 0.25) is 0 Å². The zero-order chi connectivity index (χ0) is 23.6. The second-order valence-corrected chi connectivity index (χ2v) is 7.09. The van der Waals surface area contributed by atoms with Crippen LogP contribution in [0, 0.1) is 0 Å². The summed E-state index contributed by atoms with van der Waals surface area (Å²) in [4.78, 5) is 64.1. The molecule has 14 nitrogen and oxygen atoms in total. The summed E-state index contributed by atoms with van der Waals surface area (Å²) in [6.45, 7) is 0.0753. The minimum Gasteiger partial charge on any atom is -0.480 e. The number of nitrogens with two attached hydrogens (primary N) is 4. The van der Waals surface area contributed by atoms with Gasteiger partial charge in [-0.1, -0.05) is 0 Å². The van der Waals surface area contributed by atoms with Crippen molar-refractivity contribution in [2.75, 3.05) is 19.6 Å². The van der Waals surface area contributed by atoms with Crippen LogP contribution in [0.4, 0.5) is 0 Å². The normalized spacial score (nSPS) is 17.3. The fourth-order valence-electron chi connectivity index (χ4n) is 3.07. The highest BCUT2D eigenvalue weighted by Crippen LogP contribution is 2.18. The Morgan fingerprint density at radius 1 is 1.16 bits per heavy atom. The molecule has 0 bridgehead atoms. The standard InChI is InChI=1S/C17H30N8O6/c18-9(7-12(19)26)14(28)23-8-13(27)25-6-2-4-11(25)15(29)24-10(16(30)31)3-1-5-22-17(20)21/h9-11H,1-8,18H2,(H2,19,26)(H,23,28)(H,24,29)(H,30,31)(H4,20,21,22). The monoisotopic (exact) mass is 442 g/mol. The lowest BCUT2D eigenvalue weighted by Crippen LogP contribution is -2.53. The van der Waals surface area contributed by atoms with Gasteiger partial charge in [0, 0.05) is 13.1 Å². The third kappa shape index (κ3) is 8.86. The van der Waals surface area contributed by atoms with Crippen molar-refractivity contribution in [3.05, 3.63) is 0 Å². The van der Waals surface area contributed by atoms with Gasteiger partial charge in [-0.25, -0.2) is 4.79 Å². The van der Waals surface area contributed by atoms with Crippen LogP contribution < -0.4 is 33.6 Å². The molecule has 0 aliphatic carbocycles. The maximum absolute atomic E-state index is 12.6. The number of likely N-dealkylation sites (tertiary alicyclic amines) is 1. The lowest BCUT2D eigenvalue weighted by molar-refractivity contribution is -0.144. The fraction of sp³-hybridized carbons (Fsp3) is 0.647. The Bertz CT molecular complexity index is 723. The van der Waals surface area contributed by atoms with Crippen LogP contribution in [0.1, 0.15) is 32.1 Å². The van der Waals surface area contributed by atoms with Crippen LogP contribution in [0.15, 0.2) is 4.99 Å². The molecule has 4 amide bonds. The van der Waals surface area contributed by atoms with Crippen LogP contribution >= 0.6 is 0 Å². The van der Waals surface area contributed by atoms with Crippen molar-refractivity contribution in [2.45, 2.75) is 50.2 Å². The van der Waals surface area contributed by atoms with Crippen LogP contribution in [0.5, 0.6) is 0 Å². The summed E-state index contributed by atoms with van der Waals surface area (Å²) < 4.78 is 0. The smallest absolute Gasteiger partial charge is 0.326 e. The van der Waals surface area contributed by atoms with Gasteiger partial charge in [0.15, 0.2) is 5.96 Å². The third-order valence-electron chi connectivity index (χ3n) is 4.61. The Morgan fingerprint density at radius 2 is 1.84 bits per heavy atom. The molecule has 174 valence electrons. The molecule has 3 atom stereocenters. The van der Waals surface area contributed by atoms with Crippen molar-refractivity contribution >= 4 is 35.6 Å². The second kappa shape index (κ2) is 12.3. The van der Waals surface area contributed by atoms with Gasteiger partial charge >= 0.3 is 5.97 Å². The summed E-state index contributed by atoms with van der Waals surface area (Å²) in [5.74, 6) is -3.94. The lowest BCUT2D eigenvalue weighted by Gasteiger charge is -2.26.